The average Bonchev–Trinajstić information content (AvgIpc) is 2.79. The van der Waals surface area contributed by atoms with E-state index in [1.807, 2.05) is 78.9 Å². The first kappa shape index (κ1) is 17.1. The van der Waals surface area contributed by atoms with Crippen LogP contribution in [0.25, 0.3) is 27.8 Å². The largest absolute Gasteiger partial charge is 0.486 e. The van der Waals surface area contributed by atoms with Crippen LogP contribution >= 0.6 is 0 Å². The molecule has 0 saturated heterocycles. The molecule has 0 aliphatic rings. The van der Waals surface area contributed by atoms with E-state index in [1.54, 1.807) is 12.1 Å². The molecule has 0 unspecified atom stereocenters. The molecular formula is C24H17N3O2. The third-order valence-electron chi connectivity index (χ3n) is 4.76. The van der Waals surface area contributed by atoms with E-state index in [1.165, 1.54) is 4.52 Å². The highest BCUT2D eigenvalue weighted by Crippen LogP contribution is 2.29. The lowest BCUT2D eigenvalue weighted by Crippen LogP contribution is -2.19. The topological polar surface area (TPSA) is 56.5 Å². The molecule has 0 saturated carbocycles. The van der Waals surface area contributed by atoms with Gasteiger partial charge in [-0.15, -0.1) is 0 Å². The summed E-state index contributed by atoms with van der Waals surface area (Å²) in [5.41, 5.74) is 3.43. The second-order valence-electron chi connectivity index (χ2n) is 6.70. The van der Waals surface area contributed by atoms with Gasteiger partial charge in [-0.2, -0.15) is 9.61 Å². The molecule has 5 rings (SSSR count). The summed E-state index contributed by atoms with van der Waals surface area (Å²) in [5.74, 6) is 0.585. The lowest BCUT2D eigenvalue weighted by Gasteiger charge is -2.13. The number of nitrogens with zero attached hydrogens (tertiary/aromatic N) is 3. The van der Waals surface area contributed by atoms with E-state index in [0.29, 0.717) is 34.6 Å². The van der Waals surface area contributed by atoms with E-state index in [0.717, 1.165) is 11.1 Å². The van der Waals surface area contributed by atoms with E-state index >= 15 is 0 Å². The van der Waals surface area contributed by atoms with Crippen molar-refractivity contribution in [2.75, 3.05) is 0 Å². The Morgan fingerprint density at radius 2 is 1.52 bits per heavy atom. The van der Waals surface area contributed by atoms with Gasteiger partial charge in [0.15, 0.2) is 11.4 Å². The molecule has 5 heteroatoms. The zero-order valence-electron chi connectivity index (χ0n) is 15.5. The number of ether oxygens (including phenoxy) is 1. The minimum Gasteiger partial charge on any atom is -0.486 e. The van der Waals surface area contributed by atoms with Crippen molar-refractivity contribution in [1.29, 1.82) is 0 Å². The van der Waals surface area contributed by atoms with Crippen LogP contribution in [-0.4, -0.2) is 14.6 Å². The van der Waals surface area contributed by atoms with Gasteiger partial charge in [-0.05, 0) is 17.7 Å². The highest BCUT2D eigenvalue weighted by atomic mass is 16.5. The van der Waals surface area contributed by atoms with E-state index in [9.17, 15) is 4.79 Å². The van der Waals surface area contributed by atoms with Crippen molar-refractivity contribution >= 4 is 16.6 Å². The maximum Gasteiger partial charge on any atom is 0.282 e. The summed E-state index contributed by atoms with van der Waals surface area (Å²) < 4.78 is 7.47. The van der Waals surface area contributed by atoms with Crippen LogP contribution in [-0.2, 0) is 6.61 Å². The van der Waals surface area contributed by atoms with Crippen LogP contribution in [0, 0.1) is 0 Å². The first-order valence-corrected chi connectivity index (χ1v) is 9.34. The molecule has 0 aliphatic carbocycles. The lowest BCUT2D eigenvalue weighted by atomic mass is 10.1. The van der Waals surface area contributed by atoms with Crippen LogP contribution in [0.15, 0.2) is 95.8 Å². The van der Waals surface area contributed by atoms with E-state index in [4.69, 9.17) is 4.74 Å². The molecular weight excluding hydrogens is 362 g/mol. The Morgan fingerprint density at radius 1 is 0.828 bits per heavy atom. The third-order valence-corrected chi connectivity index (χ3v) is 4.76. The Morgan fingerprint density at radius 3 is 2.31 bits per heavy atom. The quantitative estimate of drug-likeness (QED) is 0.432. The van der Waals surface area contributed by atoms with Gasteiger partial charge in [0.25, 0.3) is 5.56 Å². The highest BCUT2D eigenvalue weighted by molar-refractivity contribution is 5.80. The summed E-state index contributed by atoms with van der Waals surface area (Å²) in [5, 5.41) is 5.16. The summed E-state index contributed by atoms with van der Waals surface area (Å²) in [6.07, 6.45) is 0. The van der Waals surface area contributed by atoms with Crippen molar-refractivity contribution in [2.24, 2.45) is 0 Å². The summed E-state index contributed by atoms with van der Waals surface area (Å²) >= 11 is 0. The molecule has 0 aliphatic heterocycles. The Labute approximate surface area is 166 Å². The van der Waals surface area contributed by atoms with Crippen LogP contribution < -0.4 is 10.3 Å². The summed E-state index contributed by atoms with van der Waals surface area (Å²) in [4.78, 5) is 17.6. The molecule has 140 valence electrons. The SMILES string of the molecule is O=c1c2ccccc2nc2cc(OCc3ccccc3)c(-c3ccccc3)nn12. The maximum atomic E-state index is 13.0. The number of fused-ring (bicyclic) bond motifs is 2. The van der Waals surface area contributed by atoms with E-state index in [-0.39, 0.29) is 5.56 Å². The molecule has 0 atom stereocenters. The molecule has 0 radical (unpaired) electrons. The fourth-order valence-corrected chi connectivity index (χ4v) is 3.31. The Balaban J connectivity index is 1.70. The molecule has 0 amide bonds. The standard InChI is InChI=1S/C24H17N3O2/c28-24-19-13-7-8-14-20(19)25-22-15-21(29-16-17-9-3-1-4-10-17)23(26-27(22)24)18-11-5-2-6-12-18/h1-15H,16H2. The number of aromatic nitrogens is 3. The number of rotatable bonds is 4. The summed E-state index contributed by atoms with van der Waals surface area (Å²) in [6, 6.07) is 28.7. The van der Waals surface area contributed by atoms with Crippen molar-refractivity contribution < 1.29 is 4.74 Å². The molecule has 3 aromatic carbocycles. The van der Waals surface area contributed by atoms with Gasteiger partial charge in [-0.25, -0.2) is 4.98 Å². The van der Waals surface area contributed by atoms with Gasteiger partial charge < -0.3 is 4.74 Å². The summed E-state index contributed by atoms with van der Waals surface area (Å²) in [7, 11) is 0. The number of benzene rings is 3. The normalized spacial score (nSPS) is 11.0. The maximum absolute atomic E-state index is 13.0. The fraction of sp³-hybridized carbons (Fsp3) is 0.0417. The average molecular weight is 379 g/mol. The van der Waals surface area contributed by atoms with Gasteiger partial charge in [0.1, 0.15) is 12.3 Å². The molecule has 0 fully saturated rings. The molecule has 0 N–H and O–H groups in total. The van der Waals surface area contributed by atoms with Crippen LogP contribution in [0.2, 0.25) is 0 Å². The predicted molar refractivity (Wildman–Crippen MR) is 113 cm³/mol. The van der Waals surface area contributed by atoms with E-state index in [2.05, 4.69) is 10.1 Å². The molecule has 0 bridgehead atoms. The van der Waals surface area contributed by atoms with Gasteiger partial charge in [0.05, 0.1) is 10.9 Å². The molecule has 5 aromatic rings. The predicted octanol–water partition coefficient (Wildman–Crippen LogP) is 4.49. The van der Waals surface area contributed by atoms with Gasteiger partial charge in [-0.3, -0.25) is 4.79 Å². The monoisotopic (exact) mass is 379 g/mol. The van der Waals surface area contributed by atoms with Crippen LogP contribution in [0.1, 0.15) is 5.56 Å². The minimum absolute atomic E-state index is 0.197. The van der Waals surface area contributed by atoms with Crippen LogP contribution in [0.3, 0.4) is 0 Å². The number of hydrogen-bond donors (Lipinski definition) is 0. The van der Waals surface area contributed by atoms with Crippen molar-refractivity contribution in [3.05, 3.63) is 107 Å². The van der Waals surface area contributed by atoms with Crippen LogP contribution in [0.4, 0.5) is 0 Å². The fourth-order valence-electron chi connectivity index (χ4n) is 3.31. The molecule has 5 nitrogen and oxygen atoms in total. The Bertz CT molecular complexity index is 1360. The zero-order chi connectivity index (χ0) is 19.6. The van der Waals surface area contributed by atoms with Gasteiger partial charge in [-0.1, -0.05) is 72.8 Å². The van der Waals surface area contributed by atoms with Crippen LogP contribution in [0.5, 0.6) is 5.75 Å². The van der Waals surface area contributed by atoms with Gasteiger partial charge >= 0.3 is 0 Å². The van der Waals surface area contributed by atoms with Gasteiger partial charge in [0, 0.05) is 11.6 Å². The molecule has 29 heavy (non-hydrogen) atoms. The van der Waals surface area contributed by atoms with E-state index < -0.39 is 0 Å². The van der Waals surface area contributed by atoms with Crippen molar-refractivity contribution in [2.45, 2.75) is 6.61 Å². The summed E-state index contributed by atoms with van der Waals surface area (Å²) in [6.45, 7) is 0.399. The Hall–Kier alpha value is -3.99. The molecule has 2 aromatic heterocycles. The first-order valence-electron chi connectivity index (χ1n) is 9.34. The Kier molecular flexibility index (Phi) is 4.26. The third kappa shape index (κ3) is 3.23. The van der Waals surface area contributed by atoms with Crippen molar-refractivity contribution in [1.82, 2.24) is 14.6 Å². The van der Waals surface area contributed by atoms with Crippen molar-refractivity contribution in [3.8, 4) is 17.0 Å². The minimum atomic E-state index is -0.197. The highest BCUT2D eigenvalue weighted by Gasteiger charge is 2.14. The van der Waals surface area contributed by atoms with Gasteiger partial charge in [0.2, 0.25) is 0 Å². The van der Waals surface area contributed by atoms with Crippen molar-refractivity contribution in [3.63, 3.8) is 0 Å². The first-order chi connectivity index (χ1) is 14.3. The second-order valence-corrected chi connectivity index (χ2v) is 6.70. The lowest BCUT2D eigenvalue weighted by molar-refractivity contribution is 0.306. The molecule has 2 heterocycles. The molecule has 0 spiro atoms. The zero-order valence-corrected chi connectivity index (χ0v) is 15.5. The second kappa shape index (κ2) is 7.20. The number of para-hydroxylation sites is 1. The number of hydrogen-bond acceptors (Lipinski definition) is 4. The smallest absolute Gasteiger partial charge is 0.282 e.